The molecule has 0 atom stereocenters. The average molecular weight is 239 g/mol. The van der Waals surface area contributed by atoms with Crippen molar-refractivity contribution in [3.05, 3.63) is 40.2 Å². The van der Waals surface area contributed by atoms with Crippen LogP contribution in [0.25, 0.3) is 6.08 Å². The molecule has 1 aromatic rings. The molecular formula is C11H8ClFN2O. The molecule has 0 radical (unpaired) electrons. The van der Waals surface area contributed by atoms with Crippen molar-refractivity contribution in [2.45, 2.75) is 0 Å². The number of nitrogens with zero attached hydrogens (tertiary/aromatic N) is 1. The Hall–Kier alpha value is -1.86. The maximum atomic E-state index is 13.3. The second kappa shape index (κ2) is 5.29. The minimum absolute atomic E-state index is 0.0318. The molecule has 0 saturated carbocycles. The van der Waals surface area contributed by atoms with Crippen LogP contribution in [-0.2, 0) is 4.79 Å². The lowest BCUT2D eigenvalue weighted by atomic mass is 10.1. The van der Waals surface area contributed by atoms with E-state index in [1.165, 1.54) is 25.2 Å². The number of amides is 1. The molecule has 0 unspecified atom stereocenters. The Morgan fingerprint density at radius 3 is 2.81 bits per heavy atom. The summed E-state index contributed by atoms with van der Waals surface area (Å²) in [6.45, 7) is 0. The minimum Gasteiger partial charge on any atom is -0.354 e. The number of likely N-dealkylation sites (N-methyl/N-ethyl adjacent to an activating group) is 1. The highest BCUT2D eigenvalue weighted by Gasteiger charge is 2.10. The zero-order valence-corrected chi connectivity index (χ0v) is 9.18. The summed E-state index contributed by atoms with van der Waals surface area (Å²) in [5.41, 5.74) is -0.168. The SMILES string of the molecule is CNC(=O)C(C#N)=Cc1c(F)cccc1Cl. The first-order valence-corrected chi connectivity index (χ1v) is 4.76. The van der Waals surface area contributed by atoms with Gasteiger partial charge in [-0.2, -0.15) is 5.26 Å². The van der Waals surface area contributed by atoms with Crippen LogP contribution >= 0.6 is 11.6 Å². The smallest absolute Gasteiger partial charge is 0.261 e. The van der Waals surface area contributed by atoms with Gasteiger partial charge in [0.1, 0.15) is 17.5 Å². The van der Waals surface area contributed by atoms with Gasteiger partial charge >= 0.3 is 0 Å². The highest BCUT2D eigenvalue weighted by Crippen LogP contribution is 2.21. The summed E-state index contributed by atoms with van der Waals surface area (Å²) in [4.78, 5) is 11.2. The highest BCUT2D eigenvalue weighted by atomic mass is 35.5. The van der Waals surface area contributed by atoms with Gasteiger partial charge in [0, 0.05) is 12.6 Å². The zero-order valence-electron chi connectivity index (χ0n) is 8.42. The molecule has 1 N–H and O–H groups in total. The number of rotatable bonds is 2. The van der Waals surface area contributed by atoms with Crippen LogP contribution in [0.15, 0.2) is 23.8 Å². The van der Waals surface area contributed by atoms with Crippen LogP contribution < -0.4 is 5.32 Å². The number of benzene rings is 1. The molecule has 0 heterocycles. The number of carbonyl (C=O) groups excluding carboxylic acids is 1. The molecule has 0 aliphatic rings. The fourth-order valence-corrected chi connectivity index (χ4v) is 1.29. The third-order valence-corrected chi connectivity index (χ3v) is 2.21. The van der Waals surface area contributed by atoms with Crippen LogP contribution in [0, 0.1) is 17.1 Å². The molecular weight excluding hydrogens is 231 g/mol. The quantitative estimate of drug-likeness (QED) is 0.634. The predicted molar refractivity (Wildman–Crippen MR) is 59.1 cm³/mol. The van der Waals surface area contributed by atoms with Crippen molar-refractivity contribution in [3.8, 4) is 6.07 Å². The Kier molecular flexibility index (Phi) is 4.03. The summed E-state index contributed by atoms with van der Waals surface area (Å²) >= 11 is 5.75. The standard InChI is InChI=1S/C11H8ClFN2O/c1-15-11(16)7(6-14)5-8-9(12)3-2-4-10(8)13/h2-5H,1H3,(H,15,16). The first kappa shape index (κ1) is 12.2. The fourth-order valence-electron chi connectivity index (χ4n) is 1.08. The summed E-state index contributed by atoms with van der Waals surface area (Å²) in [6, 6.07) is 5.81. The Morgan fingerprint density at radius 2 is 2.31 bits per heavy atom. The van der Waals surface area contributed by atoms with E-state index < -0.39 is 11.7 Å². The largest absolute Gasteiger partial charge is 0.354 e. The number of nitrogens with one attached hydrogen (secondary N) is 1. The van der Waals surface area contributed by atoms with Gasteiger partial charge < -0.3 is 5.32 Å². The third kappa shape index (κ3) is 2.59. The van der Waals surface area contributed by atoms with E-state index in [-0.39, 0.29) is 16.2 Å². The fraction of sp³-hybridized carbons (Fsp3) is 0.0909. The maximum absolute atomic E-state index is 13.3. The number of carbonyl (C=O) groups is 1. The van der Waals surface area contributed by atoms with Crippen LogP contribution in [0.5, 0.6) is 0 Å². The van der Waals surface area contributed by atoms with Gasteiger partial charge in [0.2, 0.25) is 0 Å². The second-order valence-electron chi connectivity index (χ2n) is 2.88. The van der Waals surface area contributed by atoms with Gasteiger partial charge in [-0.25, -0.2) is 4.39 Å². The van der Waals surface area contributed by atoms with Gasteiger partial charge in [-0.05, 0) is 18.2 Å². The number of halogens is 2. The number of hydrogen-bond donors (Lipinski definition) is 1. The lowest BCUT2D eigenvalue weighted by Gasteiger charge is -2.01. The van der Waals surface area contributed by atoms with Crippen molar-refractivity contribution in [1.29, 1.82) is 5.26 Å². The molecule has 16 heavy (non-hydrogen) atoms. The molecule has 1 amide bonds. The molecule has 1 rings (SSSR count). The molecule has 5 heteroatoms. The monoisotopic (exact) mass is 238 g/mol. The van der Waals surface area contributed by atoms with Crippen molar-refractivity contribution in [2.24, 2.45) is 0 Å². The first-order valence-electron chi connectivity index (χ1n) is 4.38. The van der Waals surface area contributed by atoms with Crippen molar-refractivity contribution >= 4 is 23.6 Å². The van der Waals surface area contributed by atoms with E-state index in [4.69, 9.17) is 16.9 Å². The predicted octanol–water partition coefficient (Wildman–Crippen LogP) is 2.13. The van der Waals surface area contributed by atoms with Crippen LogP contribution in [0.3, 0.4) is 0 Å². The molecule has 3 nitrogen and oxygen atoms in total. The molecule has 1 aromatic carbocycles. The Labute approximate surface area is 97.1 Å². The summed E-state index contributed by atoms with van der Waals surface area (Å²) in [6.07, 6.45) is 1.12. The average Bonchev–Trinajstić information content (AvgIpc) is 2.28. The summed E-state index contributed by atoms with van der Waals surface area (Å²) < 4.78 is 13.3. The number of nitriles is 1. The normalized spacial score (nSPS) is 10.8. The van der Waals surface area contributed by atoms with Crippen molar-refractivity contribution < 1.29 is 9.18 Å². The van der Waals surface area contributed by atoms with Gasteiger partial charge in [0.15, 0.2) is 0 Å². The third-order valence-electron chi connectivity index (χ3n) is 1.88. The lowest BCUT2D eigenvalue weighted by Crippen LogP contribution is -2.19. The Morgan fingerprint density at radius 1 is 1.62 bits per heavy atom. The van der Waals surface area contributed by atoms with E-state index in [1.807, 2.05) is 0 Å². The van der Waals surface area contributed by atoms with Gasteiger partial charge in [-0.1, -0.05) is 17.7 Å². The molecule has 0 aliphatic carbocycles. The van der Waals surface area contributed by atoms with Crippen molar-refractivity contribution in [3.63, 3.8) is 0 Å². The molecule has 82 valence electrons. The van der Waals surface area contributed by atoms with E-state index in [2.05, 4.69) is 5.32 Å². The van der Waals surface area contributed by atoms with E-state index in [0.29, 0.717) is 0 Å². The maximum Gasteiger partial charge on any atom is 0.261 e. The van der Waals surface area contributed by atoms with E-state index in [0.717, 1.165) is 6.08 Å². The Balaban J connectivity index is 3.25. The summed E-state index contributed by atoms with van der Waals surface area (Å²) in [5, 5.41) is 11.2. The zero-order chi connectivity index (χ0) is 12.1. The highest BCUT2D eigenvalue weighted by molar-refractivity contribution is 6.32. The molecule has 0 aliphatic heterocycles. The first-order chi connectivity index (χ1) is 7.60. The van der Waals surface area contributed by atoms with Crippen LogP contribution in [0.1, 0.15) is 5.56 Å². The topological polar surface area (TPSA) is 52.9 Å². The van der Waals surface area contributed by atoms with Crippen LogP contribution in [0.4, 0.5) is 4.39 Å². The van der Waals surface area contributed by atoms with Gasteiger partial charge in [-0.15, -0.1) is 0 Å². The minimum atomic E-state index is -0.582. The number of hydrogen-bond acceptors (Lipinski definition) is 2. The van der Waals surface area contributed by atoms with Gasteiger partial charge in [0.05, 0.1) is 5.02 Å². The molecule has 0 saturated heterocycles. The molecule has 0 aromatic heterocycles. The van der Waals surface area contributed by atoms with Crippen LogP contribution in [-0.4, -0.2) is 13.0 Å². The van der Waals surface area contributed by atoms with Gasteiger partial charge in [0.25, 0.3) is 5.91 Å². The van der Waals surface area contributed by atoms with Gasteiger partial charge in [-0.3, -0.25) is 4.79 Å². The summed E-state index contributed by atoms with van der Waals surface area (Å²) in [7, 11) is 1.39. The lowest BCUT2D eigenvalue weighted by molar-refractivity contribution is -0.116. The molecule has 0 spiro atoms. The second-order valence-corrected chi connectivity index (χ2v) is 3.29. The summed E-state index contributed by atoms with van der Waals surface area (Å²) in [5.74, 6) is -1.16. The van der Waals surface area contributed by atoms with E-state index >= 15 is 0 Å². The Bertz CT molecular complexity index is 471. The molecule has 0 bridgehead atoms. The van der Waals surface area contributed by atoms with E-state index in [1.54, 1.807) is 6.07 Å². The van der Waals surface area contributed by atoms with Crippen molar-refractivity contribution in [2.75, 3.05) is 7.05 Å². The van der Waals surface area contributed by atoms with E-state index in [9.17, 15) is 9.18 Å². The van der Waals surface area contributed by atoms with Crippen molar-refractivity contribution in [1.82, 2.24) is 5.32 Å². The van der Waals surface area contributed by atoms with Crippen LogP contribution in [0.2, 0.25) is 5.02 Å². The molecule has 0 fully saturated rings.